The molecule has 1 aromatic heterocycles. The Kier molecular flexibility index (Phi) is 6.80. The average molecular weight is 458 g/mol. The Labute approximate surface area is 176 Å². The third kappa shape index (κ3) is 5.54. The maximum Gasteiger partial charge on any atom is 0.387 e. The lowest BCUT2D eigenvalue weighted by atomic mass is 10.1. The van der Waals surface area contributed by atoms with Crippen LogP contribution in [0.1, 0.15) is 15.2 Å². The van der Waals surface area contributed by atoms with E-state index in [1.54, 1.807) is 11.7 Å². The van der Waals surface area contributed by atoms with Gasteiger partial charge in [-0.3, -0.25) is 4.98 Å². The number of alkyl halides is 4. The molecule has 0 amide bonds. The van der Waals surface area contributed by atoms with E-state index in [1.165, 1.54) is 40.5 Å². The maximum absolute atomic E-state index is 12.8. The van der Waals surface area contributed by atoms with Crippen LogP contribution in [0.5, 0.6) is 17.2 Å². The van der Waals surface area contributed by atoms with Crippen molar-refractivity contribution in [3.05, 3.63) is 58.5 Å². The molecule has 0 bridgehead atoms. The molecule has 0 unspecified atom stereocenters. The number of thiazole rings is 1. The highest BCUT2D eigenvalue weighted by atomic mass is 32.1. The van der Waals surface area contributed by atoms with Gasteiger partial charge >= 0.3 is 19.2 Å². The highest BCUT2D eigenvalue weighted by Gasteiger charge is 2.20. The van der Waals surface area contributed by atoms with Crippen molar-refractivity contribution in [3.8, 4) is 17.2 Å². The number of rotatable bonds is 9. The summed E-state index contributed by atoms with van der Waals surface area (Å²) in [6, 6.07) is 7.21. The van der Waals surface area contributed by atoms with Crippen LogP contribution in [0.25, 0.3) is 0 Å². The molecule has 0 aliphatic heterocycles. The molecule has 0 spiro atoms. The van der Waals surface area contributed by atoms with Gasteiger partial charge in [0.1, 0.15) is 11.3 Å². The number of carboxylic acids is 1. The summed E-state index contributed by atoms with van der Waals surface area (Å²) in [5.41, 5.74) is 1.69. The van der Waals surface area contributed by atoms with Gasteiger partial charge < -0.3 is 24.6 Å². The average Bonchev–Trinajstić information content (AvgIpc) is 3.20. The van der Waals surface area contributed by atoms with E-state index in [2.05, 4.69) is 14.5 Å². The third-order valence-electron chi connectivity index (χ3n) is 3.99. The lowest BCUT2D eigenvalue weighted by molar-refractivity contribution is -0.0692. The fourth-order valence-electron chi connectivity index (χ4n) is 2.72. The molecule has 1 heterocycles. The number of halogens is 4. The minimum absolute atomic E-state index is 0.137. The summed E-state index contributed by atoms with van der Waals surface area (Å²) in [7, 11) is 0. The first kappa shape index (κ1) is 22.2. The predicted octanol–water partition coefficient (Wildman–Crippen LogP) is 5.09. The van der Waals surface area contributed by atoms with Gasteiger partial charge in [0.15, 0.2) is 11.5 Å². The normalized spacial score (nSPS) is 11.0. The summed E-state index contributed by atoms with van der Waals surface area (Å²) in [6.45, 7) is -6.41. The van der Waals surface area contributed by atoms with Crippen LogP contribution in [0.4, 0.5) is 28.9 Å². The number of anilines is 2. The van der Waals surface area contributed by atoms with Gasteiger partial charge in [-0.1, -0.05) is 0 Å². The quantitative estimate of drug-likeness (QED) is 0.432. The minimum Gasteiger partial charge on any atom is -0.507 e. The smallest absolute Gasteiger partial charge is 0.387 e. The van der Waals surface area contributed by atoms with Gasteiger partial charge in [0.05, 0.1) is 12.1 Å². The first-order valence-corrected chi connectivity index (χ1v) is 9.37. The van der Waals surface area contributed by atoms with E-state index < -0.39 is 36.4 Å². The second kappa shape index (κ2) is 9.51. The summed E-state index contributed by atoms with van der Waals surface area (Å²) in [5.74, 6) is -3.05. The molecule has 2 N–H and O–H groups in total. The Bertz CT molecular complexity index is 1050. The van der Waals surface area contributed by atoms with E-state index >= 15 is 0 Å². The van der Waals surface area contributed by atoms with E-state index in [4.69, 9.17) is 0 Å². The van der Waals surface area contributed by atoms with E-state index in [0.717, 1.165) is 17.0 Å². The van der Waals surface area contributed by atoms with Crippen molar-refractivity contribution in [2.75, 3.05) is 4.90 Å². The summed E-state index contributed by atoms with van der Waals surface area (Å²) in [5, 5.41) is 19.1. The molecular formula is C19H14F4N2O5S. The lowest BCUT2D eigenvalue weighted by Gasteiger charge is -2.26. The zero-order chi connectivity index (χ0) is 22.5. The number of hydrogen-bond donors (Lipinski definition) is 2. The Morgan fingerprint density at radius 3 is 2.29 bits per heavy atom. The molecule has 2 aromatic carbocycles. The van der Waals surface area contributed by atoms with Crippen LogP contribution in [0.3, 0.4) is 0 Å². The van der Waals surface area contributed by atoms with Gasteiger partial charge in [-0.2, -0.15) is 17.6 Å². The predicted molar refractivity (Wildman–Crippen MR) is 103 cm³/mol. The van der Waals surface area contributed by atoms with Crippen LogP contribution in [0.2, 0.25) is 0 Å². The molecule has 0 atom stereocenters. The SMILES string of the molecule is O=C(O)c1cc(N(Cc2cncs2)c2ccc(OC(F)F)c(OC(F)F)c2)ccc1O. The summed E-state index contributed by atoms with van der Waals surface area (Å²) >= 11 is 1.29. The topological polar surface area (TPSA) is 92.1 Å². The highest BCUT2D eigenvalue weighted by molar-refractivity contribution is 7.09. The number of hydrogen-bond acceptors (Lipinski definition) is 7. The van der Waals surface area contributed by atoms with Crippen LogP contribution < -0.4 is 14.4 Å². The minimum atomic E-state index is -3.29. The molecule has 164 valence electrons. The van der Waals surface area contributed by atoms with Crippen LogP contribution >= 0.6 is 11.3 Å². The number of carboxylic acid groups (broad SMARTS) is 1. The van der Waals surface area contributed by atoms with Crippen molar-refractivity contribution in [2.45, 2.75) is 19.8 Å². The number of aromatic nitrogens is 1. The van der Waals surface area contributed by atoms with Gasteiger partial charge in [-0.15, -0.1) is 11.3 Å². The Morgan fingerprint density at radius 1 is 1.03 bits per heavy atom. The van der Waals surface area contributed by atoms with Gasteiger partial charge in [0.25, 0.3) is 0 Å². The van der Waals surface area contributed by atoms with E-state index in [9.17, 15) is 32.6 Å². The summed E-state index contributed by atoms with van der Waals surface area (Å²) in [6.07, 6.45) is 1.56. The van der Waals surface area contributed by atoms with Crippen molar-refractivity contribution in [1.82, 2.24) is 4.98 Å². The number of phenols is 1. The zero-order valence-electron chi connectivity index (χ0n) is 15.4. The second-order valence-electron chi connectivity index (χ2n) is 5.95. The Balaban J connectivity index is 2.09. The fraction of sp³-hybridized carbons (Fsp3) is 0.158. The van der Waals surface area contributed by atoms with Crippen LogP contribution in [-0.4, -0.2) is 34.4 Å². The fourth-order valence-corrected chi connectivity index (χ4v) is 3.30. The van der Waals surface area contributed by atoms with Crippen molar-refractivity contribution in [2.24, 2.45) is 0 Å². The standard InChI is InChI=1S/C19H14F4N2O5S/c20-18(21)29-15-4-2-11(6-16(15)30-19(22)23)25(8-12-7-24-9-31-12)10-1-3-14(26)13(5-10)17(27)28/h1-7,9,18-19,26H,8H2,(H,27,28). The number of nitrogens with zero attached hydrogens (tertiary/aromatic N) is 2. The van der Waals surface area contributed by atoms with Crippen molar-refractivity contribution >= 4 is 28.7 Å². The van der Waals surface area contributed by atoms with Crippen LogP contribution in [0, 0.1) is 0 Å². The number of ether oxygens (including phenoxy) is 2. The Hall–Kier alpha value is -3.54. The highest BCUT2D eigenvalue weighted by Crippen LogP contribution is 2.38. The molecule has 0 aliphatic carbocycles. The molecular weight excluding hydrogens is 444 g/mol. The van der Waals surface area contributed by atoms with Gasteiger partial charge in [-0.05, 0) is 30.3 Å². The molecule has 7 nitrogen and oxygen atoms in total. The monoisotopic (exact) mass is 458 g/mol. The third-order valence-corrected chi connectivity index (χ3v) is 4.76. The van der Waals surface area contributed by atoms with Gasteiger partial charge in [0.2, 0.25) is 0 Å². The van der Waals surface area contributed by atoms with E-state index in [0.29, 0.717) is 0 Å². The van der Waals surface area contributed by atoms with E-state index in [-0.39, 0.29) is 23.5 Å². The number of aromatic carboxylic acids is 1. The summed E-state index contributed by atoms with van der Waals surface area (Å²) in [4.78, 5) is 17.6. The summed E-state index contributed by atoms with van der Waals surface area (Å²) < 4.78 is 59.4. The van der Waals surface area contributed by atoms with Gasteiger partial charge in [-0.25, -0.2) is 4.79 Å². The lowest BCUT2D eigenvalue weighted by Crippen LogP contribution is -2.17. The van der Waals surface area contributed by atoms with E-state index in [1.807, 2.05) is 0 Å². The van der Waals surface area contributed by atoms with Crippen molar-refractivity contribution in [1.29, 1.82) is 0 Å². The van der Waals surface area contributed by atoms with Crippen LogP contribution in [-0.2, 0) is 6.54 Å². The molecule has 0 saturated heterocycles. The maximum atomic E-state index is 12.8. The first-order chi connectivity index (χ1) is 14.7. The van der Waals surface area contributed by atoms with Crippen molar-refractivity contribution < 1.29 is 42.0 Å². The van der Waals surface area contributed by atoms with Crippen molar-refractivity contribution in [3.63, 3.8) is 0 Å². The zero-order valence-corrected chi connectivity index (χ0v) is 16.2. The van der Waals surface area contributed by atoms with Gasteiger partial charge in [0, 0.05) is 28.5 Å². The molecule has 3 rings (SSSR count). The Morgan fingerprint density at radius 2 is 1.68 bits per heavy atom. The second-order valence-corrected chi connectivity index (χ2v) is 6.92. The number of benzene rings is 2. The molecule has 12 heteroatoms. The molecule has 31 heavy (non-hydrogen) atoms. The van der Waals surface area contributed by atoms with Crippen LogP contribution in [0.15, 0.2) is 48.1 Å². The first-order valence-electron chi connectivity index (χ1n) is 8.49. The molecule has 0 aliphatic rings. The number of carbonyl (C=O) groups is 1. The molecule has 0 fully saturated rings. The largest absolute Gasteiger partial charge is 0.507 e. The molecule has 0 radical (unpaired) electrons. The molecule has 3 aromatic rings. The number of aromatic hydroxyl groups is 1. The molecule has 0 saturated carbocycles.